The first kappa shape index (κ1) is 41.7. The number of anilines is 2. The summed E-state index contributed by atoms with van der Waals surface area (Å²) >= 11 is 0. The number of aryl methyl sites for hydroxylation is 1. The number of carbonyl (C=O) groups is 4. The molecule has 6 rings (SSSR count). The Morgan fingerprint density at radius 3 is 2.16 bits per heavy atom. The molecule has 4 aromatic rings. The number of ether oxygens (including phenoxy) is 2. The maximum absolute atomic E-state index is 13.9. The number of nitrogens with one attached hydrogen (secondary N) is 4. The Balaban J connectivity index is 1.04. The van der Waals surface area contributed by atoms with Crippen LogP contribution in [0.25, 0.3) is 16.7 Å². The molecule has 58 heavy (non-hydrogen) atoms. The van der Waals surface area contributed by atoms with E-state index in [9.17, 15) is 29.3 Å². The van der Waals surface area contributed by atoms with E-state index in [0.717, 1.165) is 39.0 Å². The van der Waals surface area contributed by atoms with Crippen LogP contribution in [-0.4, -0.2) is 84.1 Å². The maximum atomic E-state index is 13.9. The summed E-state index contributed by atoms with van der Waals surface area (Å²) in [5, 5.41) is 25.9. The number of hydrogen-bond acceptors (Lipinski definition) is 11. The summed E-state index contributed by atoms with van der Waals surface area (Å²) in [7, 11) is 0.619. The van der Waals surface area contributed by atoms with Gasteiger partial charge in [-0.3, -0.25) is 14.4 Å². The molecule has 0 fully saturated rings. The average molecular weight is 788 g/mol. The molecule has 14 heteroatoms. The third-order valence-electron chi connectivity index (χ3n) is 10.6. The van der Waals surface area contributed by atoms with Gasteiger partial charge in [0.1, 0.15) is 24.4 Å². The van der Waals surface area contributed by atoms with Crippen molar-refractivity contribution in [3.05, 3.63) is 119 Å². The van der Waals surface area contributed by atoms with Gasteiger partial charge in [-0.05, 0) is 96.2 Å². The minimum atomic E-state index is -1.09. The number of hydrogen-bond donors (Lipinski definition) is 6. The molecule has 302 valence electrons. The van der Waals surface area contributed by atoms with E-state index >= 15 is 0 Å². The third-order valence-corrected chi connectivity index (χ3v) is 10.6. The van der Waals surface area contributed by atoms with E-state index in [1.807, 2.05) is 67.6 Å². The van der Waals surface area contributed by atoms with Gasteiger partial charge in [0.05, 0.1) is 25.3 Å². The highest BCUT2D eigenvalue weighted by Gasteiger charge is 2.35. The van der Waals surface area contributed by atoms with Gasteiger partial charge < -0.3 is 40.5 Å². The van der Waals surface area contributed by atoms with E-state index in [4.69, 9.17) is 9.47 Å². The van der Waals surface area contributed by atoms with Crippen LogP contribution in [0, 0.1) is 12.8 Å². The molecule has 0 saturated carbocycles. The van der Waals surface area contributed by atoms with Crippen molar-refractivity contribution in [2.24, 2.45) is 5.92 Å². The van der Waals surface area contributed by atoms with Gasteiger partial charge >= 0.3 is 13.0 Å². The van der Waals surface area contributed by atoms with E-state index < -0.39 is 42.8 Å². The van der Waals surface area contributed by atoms with Crippen LogP contribution in [0.1, 0.15) is 65.7 Å². The zero-order chi connectivity index (χ0) is 41.7. The van der Waals surface area contributed by atoms with Crippen molar-refractivity contribution >= 4 is 47.6 Å². The summed E-state index contributed by atoms with van der Waals surface area (Å²) in [6.07, 6.45) is 2.14. The molecular weight excluding hydrogens is 737 g/mol. The fourth-order valence-electron chi connectivity index (χ4n) is 7.45. The molecule has 6 N–H and O–H groups in total. The molecule has 2 amide bonds. The standard InChI is InChI=1S/C44H50BN5O8/c1-25(2)40(41(52)44(55)58-24-37-34-13-9-7-11-32(34)33-12-8-10-14-35(33)37)46-42(53)27(4)48-49-30-17-15-28(16-18-30)29-20-31(23-51)50(22-29)43(54)36-21-39(57-6)26(3)19-38(36)47-45(5)56/h7-19,21-22,25,27,31,37,40,47-49,51,56H,20,23-24H2,1-6H3,(H,46,53)/t27-,31-,40?/m0/s1. The van der Waals surface area contributed by atoms with Gasteiger partial charge in [-0.15, -0.1) is 0 Å². The second-order valence-corrected chi connectivity index (χ2v) is 15.1. The molecule has 1 aliphatic carbocycles. The highest BCUT2D eigenvalue weighted by atomic mass is 16.5. The second-order valence-electron chi connectivity index (χ2n) is 15.1. The van der Waals surface area contributed by atoms with Crippen LogP contribution >= 0.6 is 0 Å². The average Bonchev–Trinajstić information content (AvgIpc) is 3.80. The monoisotopic (exact) mass is 787 g/mol. The van der Waals surface area contributed by atoms with Crippen molar-refractivity contribution in [2.75, 3.05) is 31.0 Å². The molecule has 1 aliphatic heterocycles. The Labute approximate surface area is 338 Å². The number of rotatable bonds is 16. The van der Waals surface area contributed by atoms with Crippen LogP contribution in [0.4, 0.5) is 11.4 Å². The van der Waals surface area contributed by atoms with Crippen LogP contribution in [0.2, 0.25) is 6.82 Å². The van der Waals surface area contributed by atoms with E-state index in [2.05, 4.69) is 21.4 Å². The van der Waals surface area contributed by atoms with E-state index in [1.165, 1.54) is 12.0 Å². The van der Waals surface area contributed by atoms with E-state index in [1.54, 1.807) is 58.1 Å². The molecule has 2 aliphatic rings. The molecule has 1 heterocycles. The molecule has 3 atom stereocenters. The molecule has 0 bridgehead atoms. The molecular formula is C44H50BN5O8. The topological polar surface area (TPSA) is 179 Å². The molecule has 1 unspecified atom stereocenters. The normalized spacial score (nSPS) is 15.5. The number of carbonyl (C=O) groups excluding carboxylic acids is 4. The number of fused-ring (bicyclic) bond motifs is 3. The molecule has 0 saturated heterocycles. The summed E-state index contributed by atoms with van der Waals surface area (Å²) in [6.45, 7) is 8.27. The molecule has 4 aromatic carbocycles. The maximum Gasteiger partial charge on any atom is 0.406 e. The number of amides is 2. The number of esters is 1. The second kappa shape index (κ2) is 18.1. The van der Waals surface area contributed by atoms with Crippen molar-refractivity contribution < 1.29 is 38.8 Å². The predicted octanol–water partition coefficient (Wildman–Crippen LogP) is 5.14. The third kappa shape index (κ3) is 8.94. The zero-order valence-electron chi connectivity index (χ0n) is 33.5. The first-order chi connectivity index (χ1) is 27.8. The fraction of sp³-hybridized carbons (Fsp3) is 0.318. The summed E-state index contributed by atoms with van der Waals surface area (Å²) in [4.78, 5) is 55.0. The number of nitrogens with zero attached hydrogens (tertiary/aromatic N) is 1. The van der Waals surface area contributed by atoms with Crippen molar-refractivity contribution in [1.29, 1.82) is 0 Å². The lowest BCUT2D eigenvalue weighted by Crippen LogP contribution is -2.53. The van der Waals surface area contributed by atoms with Gasteiger partial charge in [0.15, 0.2) is 0 Å². The van der Waals surface area contributed by atoms with Gasteiger partial charge in [-0.2, -0.15) is 0 Å². The Bertz CT molecular complexity index is 2160. The number of Topliss-reactive ketones (excluding diaryl/α,β-unsaturated/α-hetero) is 1. The summed E-state index contributed by atoms with van der Waals surface area (Å²) in [5.74, 6) is -2.72. The van der Waals surface area contributed by atoms with Crippen LogP contribution in [0.3, 0.4) is 0 Å². The largest absolute Gasteiger partial charge is 0.496 e. The quantitative estimate of drug-likeness (QED) is 0.0383. The van der Waals surface area contributed by atoms with Crippen molar-refractivity contribution in [2.45, 2.75) is 65.0 Å². The molecule has 13 nitrogen and oxygen atoms in total. The molecule has 0 radical (unpaired) electrons. The van der Waals surface area contributed by atoms with Gasteiger partial charge in [-0.25, -0.2) is 10.2 Å². The highest BCUT2D eigenvalue weighted by Crippen LogP contribution is 2.44. The number of aliphatic hydroxyl groups is 1. The Morgan fingerprint density at radius 1 is 0.931 bits per heavy atom. The minimum Gasteiger partial charge on any atom is -0.496 e. The summed E-state index contributed by atoms with van der Waals surface area (Å²) < 4.78 is 11.0. The number of methoxy groups -OCH3 is 1. The Morgan fingerprint density at radius 2 is 1.57 bits per heavy atom. The smallest absolute Gasteiger partial charge is 0.406 e. The first-order valence-electron chi connectivity index (χ1n) is 19.4. The van der Waals surface area contributed by atoms with Gasteiger partial charge in [0, 0.05) is 23.5 Å². The fourth-order valence-corrected chi connectivity index (χ4v) is 7.45. The minimum absolute atomic E-state index is 0.000157. The lowest BCUT2D eigenvalue weighted by Gasteiger charge is -2.24. The Kier molecular flexibility index (Phi) is 13.0. The number of ketones is 1. The van der Waals surface area contributed by atoms with Crippen LogP contribution in [0.15, 0.2) is 91.1 Å². The summed E-state index contributed by atoms with van der Waals surface area (Å²) in [6, 6.07) is 24.2. The van der Waals surface area contributed by atoms with Crippen molar-refractivity contribution in [3.8, 4) is 16.9 Å². The molecule has 0 aromatic heterocycles. The zero-order valence-corrected chi connectivity index (χ0v) is 33.5. The summed E-state index contributed by atoms with van der Waals surface area (Å²) in [5.41, 5.74) is 14.0. The predicted molar refractivity (Wildman–Crippen MR) is 224 cm³/mol. The van der Waals surface area contributed by atoms with Crippen molar-refractivity contribution in [3.63, 3.8) is 0 Å². The van der Waals surface area contributed by atoms with Crippen molar-refractivity contribution in [1.82, 2.24) is 15.6 Å². The Hall–Kier alpha value is -5.96. The van der Waals surface area contributed by atoms with Gasteiger partial charge in [0.25, 0.3) is 11.7 Å². The first-order valence-corrected chi connectivity index (χ1v) is 19.4. The van der Waals surface area contributed by atoms with Gasteiger partial charge in [0.2, 0.25) is 5.91 Å². The number of benzene rings is 4. The van der Waals surface area contributed by atoms with E-state index in [-0.39, 0.29) is 31.0 Å². The number of hydrazine groups is 1. The highest BCUT2D eigenvalue weighted by molar-refractivity contribution is 6.53. The van der Waals surface area contributed by atoms with Crippen LogP contribution in [-0.2, 0) is 19.1 Å². The SMILES string of the molecule is COc1cc(C(=O)N2C=C(c3ccc(NN[C@@H](C)C(=O)NC(C(=O)C(=O)OCC4c5ccccc5-c5ccccc54)C(C)C)cc3)C[C@H]2CO)c(NB(C)O)cc1C. The lowest BCUT2D eigenvalue weighted by molar-refractivity contribution is -0.155. The van der Waals surface area contributed by atoms with Crippen LogP contribution in [0.5, 0.6) is 5.75 Å². The number of aliphatic hydroxyl groups excluding tert-OH is 1. The van der Waals surface area contributed by atoms with Crippen LogP contribution < -0.4 is 26.1 Å². The molecule has 0 spiro atoms. The van der Waals surface area contributed by atoms with E-state index in [0.29, 0.717) is 29.1 Å². The van der Waals surface area contributed by atoms with Gasteiger partial charge in [-0.1, -0.05) is 74.5 Å². The lowest BCUT2D eigenvalue weighted by atomic mass is 9.87.